The second kappa shape index (κ2) is 9.41. The number of aromatic carboxylic acids is 1. The van der Waals surface area contributed by atoms with Crippen molar-refractivity contribution in [2.75, 3.05) is 6.54 Å². The number of thioether (sulfide) groups is 1. The maximum atomic E-state index is 12.8. The van der Waals surface area contributed by atoms with Crippen LogP contribution in [0.3, 0.4) is 0 Å². The van der Waals surface area contributed by atoms with E-state index in [-0.39, 0.29) is 18.0 Å². The van der Waals surface area contributed by atoms with E-state index in [4.69, 9.17) is 16.7 Å². The molecule has 0 aliphatic carbocycles. The zero-order valence-electron chi connectivity index (χ0n) is 15.3. The molecule has 0 spiro atoms. The van der Waals surface area contributed by atoms with Gasteiger partial charge in [-0.15, -0.1) is 6.58 Å². The Kier molecular flexibility index (Phi) is 6.69. The van der Waals surface area contributed by atoms with Gasteiger partial charge in [0.1, 0.15) is 0 Å². The van der Waals surface area contributed by atoms with Crippen LogP contribution in [0.1, 0.15) is 15.9 Å². The van der Waals surface area contributed by atoms with Crippen molar-refractivity contribution < 1.29 is 14.7 Å². The average molecular weight is 425 g/mol. The molecule has 0 atom stereocenters. The number of rotatable bonds is 6. The molecule has 2 aromatic rings. The monoisotopic (exact) mass is 424 g/mol. The summed E-state index contributed by atoms with van der Waals surface area (Å²) in [5.41, 5.74) is 1.50. The minimum atomic E-state index is -1.04. The van der Waals surface area contributed by atoms with Gasteiger partial charge in [0.2, 0.25) is 0 Å². The number of nitrogens with zero attached hydrogens (tertiary/aromatic N) is 2. The lowest BCUT2D eigenvalue weighted by Gasteiger charge is -2.12. The fourth-order valence-electron chi connectivity index (χ4n) is 2.58. The molecule has 1 heterocycles. The Labute approximate surface area is 177 Å². The molecular weight excluding hydrogens is 408 g/mol. The lowest BCUT2D eigenvalue weighted by molar-refractivity contribution is -0.121. The molecule has 1 aliphatic rings. The number of halogens is 1. The van der Waals surface area contributed by atoms with Crippen LogP contribution in [-0.4, -0.2) is 33.6 Å². The fraction of sp³-hybridized carbons (Fsp3) is 0.0455. The highest BCUT2D eigenvalue weighted by molar-refractivity contribution is 8.18. The molecule has 29 heavy (non-hydrogen) atoms. The highest BCUT2D eigenvalue weighted by atomic mass is 35.5. The molecule has 1 N–H and O–H groups in total. The van der Waals surface area contributed by atoms with Crippen LogP contribution in [0.2, 0.25) is 0 Å². The van der Waals surface area contributed by atoms with Crippen LogP contribution < -0.4 is 0 Å². The molecule has 3 rings (SSSR count). The first kappa shape index (κ1) is 20.6. The highest BCUT2D eigenvalue weighted by Crippen LogP contribution is 2.34. The van der Waals surface area contributed by atoms with Crippen molar-refractivity contribution >= 4 is 52.2 Å². The first-order chi connectivity index (χ1) is 14.0. The minimum absolute atomic E-state index is 0.126. The van der Waals surface area contributed by atoms with Crippen molar-refractivity contribution in [1.82, 2.24) is 4.90 Å². The Hall–Kier alpha value is -3.09. The standard InChI is InChI=1S/C22H17ClN2O3S/c1-2-11-25-20(26)19(14-17(23)12-15-7-4-3-5-8-15)29-22(25)24-18-10-6-9-16(13-18)21(27)28/h2-10,12-14H,1,11H2,(H,27,28)/b17-12-,19-14-,24-22?. The number of hydrogen-bond donors (Lipinski definition) is 1. The molecule has 1 saturated heterocycles. The summed E-state index contributed by atoms with van der Waals surface area (Å²) in [4.78, 5) is 30.3. The molecule has 7 heteroatoms. The Balaban J connectivity index is 1.92. The summed E-state index contributed by atoms with van der Waals surface area (Å²) in [5.74, 6) is -1.27. The number of carbonyl (C=O) groups excluding carboxylic acids is 1. The summed E-state index contributed by atoms with van der Waals surface area (Å²) in [6, 6.07) is 15.8. The Morgan fingerprint density at radius 2 is 1.97 bits per heavy atom. The smallest absolute Gasteiger partial charge is 0.335 e. The van der Waals surface area contributed by atoms with Gasteiger partial charge >= 0.3 is 5.97 Å². The van der Waals surface area contributed by atoms with Gasteiger partial charge in [-0.25, -0.2) is 9.79 Å². The van der Waals surface area contributed by atoms with E-state index in [2.05, 4.69) is 11.6 Å². The van der Waals surface area contributed by atoms with E-state index in [1.54, 1.807) is 30.4 Å². The predicted octanol–water partition coefficient (Wildman–Crippen LogP) is 5.30. The van der Waals surface area contributed by atoms with Gasteiger partial charge in [0.25, 0.3) is 5.91 Å². The van der Waals surface area contributed by atoms with Crippen molar-refractivity contribution in [3.63, 3.8) is 0 Å². The Bertz CT molecular complexity index is 1050. The Morgan fingerprint density at radius 3 is 2.66 bits per heavy atom. The highest BCUT2D eigenvalue weighted by Gasteiger charge is 2.32. The molecule has 2 aromatic carbocycles. The number of hydrogen-bond acceptors (Lipinski definition) is 4. The van der Waals surface area contributed by atoms with E-state index in [9.17, 15) is 9.59 Å². The molecule has 0 radical (unpaired) electrons. The third-order valence-corrected chi connectivity index (χ3v) is 5.12. The van der Waals surface area contributed by atoms with Crippen molar-refractivity contribution in [3.05, 3.63) is 94.4 Å². The van der Waals surface area contributed by atoms with Crippen molar-refractivity contribution in [2.45, 2.75) is 0 Å². The second-order valence-corrected chi connectivity index (χ2v) is 7.45. The third kappa shape index (κ3) is 5.25. The fourth-order valence-corrected chi connectivity index (χ4v) is 3.87. The third-order valence-electron chi connectivity index (χ3n) is 3.89. The van der Waals surface area contributed by atoms with E-state index in [0.717, 1.165) is 5.56 Å². The maximum Gasteiger partial charge on any atom is 0.335 e. The summed E-state index contributed by atoms with van der Waals surface area (Å²) < 4.78 is 0. The van der Waals surface area contributed by atoms with Crippen molar-refractivity contribution in [1.29, 1.82) is 0 Å². The number of carboxylic acids is 1. The van der Waals surface area contributed by atoms with Crippen molar-refractivity contribution in [3.8, 4) is 0 Å². The minimum Gasteiger partial charge on any atom is -0.478 e. The van der Waals surface area contributed by atoms with Gasteiger partial charge < -0.3 is 5.11 Å². The number of carbonyl (C=O) groups is 2. The van der Waals surface area contributed by atoms with Crippen LogP contribution >= 0.6 is 23.4 Å². The van der Waals surface area contributed by atoms with E-state index in [1.807, 2.05) is 30.3 Å². The van der Waals surface area contributed by atoms with E-state index >= 15 is 0 Å². The van der Waals surface area contributed by atoms with Gasteiger partial charge in [-0.3, -0.25) is 9.69 Å². The number of amides is 1. The van der Waals surface area contributed by atoms with Gasteiger partial charge in [0.05, 0.1) is 16.2 Å². The largest absolute Gasteiger partial charge is 0.478 e. The van der Waals surface area contributed by atoms with E-state index < -0.39 is 5.97 Å². The van der Waals surface area contributed by atoms with E-state index in [1.165, 1.54) is 28.8 Å². The molecule has 1 fully saturated rings. The first-order valence-corrected chi connectivity index (χ1v) is 9.84. The van der Waals surface area contributed by atoms with Gasteiger partial charge in [-0.1, -0.05) is 54.1 Å². The zero-order valence-corrected chi connectivity index (χ0v) is 16.9. The summed E-state index contributed by atoms with van der Waals surface area (Å²) >= 11 is 7.51. The maximum absolute atomic E-state index is 12.8. The lowest BCUT2D eigenvalue weighted by Crippen LogP contribution is -2.29. The summed E-state index contributed by atoms with van der Waals surface area (Å²) in [6.45, 7) is 3.96. The molecule has 0 aromatic heterocycles. The first-order valence-electron chi connectivity index (χ1n) is 8.64. The summed E-state index contributed by atoms with van der Waals surface area (Å²) in [6.07, 6.45) is 4.98. The number of aliphatic imine (C=N–C) groups is 1. The number of allylic oxidation sites excluding steroid dienone is 2. The average Bonchev–Trinajstić information content (AvgIpc) is 2.98. The molecule has 0 bridgehead atoms. The van der Waals surface area contributed by atoms with Crippen LogP contribution in [0.4, 0.5) is 5.69 Å². The molecule has 0 saturated carbocycles. The number of amidine groups is 1. The van der Waals surface area contributed by atoms with Crippen LogP contribution in [0.5, 0.6) is 0 Å². The molecule has 146 valence electrons. The quantitative estimate of drug-likeness (QED) is 0.504. The van der Waals surface area contributed by atoms with Crippen LogP contribution in [0.15, 0.2) is 88.3 Å². The van der Waals surface area contributed by atoms with Gasteiger partial charge in [0, 0.05) is 11.6 Å². The van der Waals surface area contributed by atoms with Crippen LogP contribution in [0, 0.1) is 0 Å². The molecule has 1 amide bonds. The Morgan fingerprint density at radius 1 is 1.21 bits per heavy atom. The van der Waals surface area contributed by atoms with Crippen molar-refractivity contribution in [2.24, 2.45) is 4.99 Å². The number of benzene rings is 2. The number of carboxylic acid groups (broad SMARTS) is 1. The van der Waals surface area contributed by atoms with Crippen LogP contribution in [-0.2, 0) is 4.79 Å². The topological polar surface area (TPSA) is 70.0 Å². The van der Waals surface area contributed by atoms with Gasteiger partial charge in [0.15, 0.2) is 5.17 Å². The summed E-state index contributed by atoms with van der Waals surface area (Å²) in [7, 11) is 0. The van der Waals surface area contributed by atoms with Gasteiger partial charge in [-0.05, 0) is 47.7 Å². The van der Waals surface area contributed by atoms with Gasteiger partial charge in [-0.2, -0.15) is 0 Å². The van der Waals surface area contributed by atoms with E-state index in [0.29, 0.717) is 20.8 Å². The summed E-state index contributed by atoms with van der Waals surface area (Å²) in [5, 5.41) is 10.0. The second-order valence-electron chi connectivity index (χ2n) is 6.00. The van der Waals surface area contributed by atoms with Crippen LogP contribution in [0.25, 0.3) is 6.08 Å². The predicted molar refractivity (Wildman–Crippen MR) is 118 cm³/mol. The molecule has 0 unspecified atom stereocenters. The normalized spacial score (nSPS) is 17.2. The zero-order chi connectivity index (χ0) is 20.8. The molecule has 5 nitrogen and oxygen atoms in total. The molecule has 1 aliphatic heterocycles. The lowest BCUT2D eigenvalue weighted by atomic mass is 10.2. The molecular formula is C22H17ClN2O3S. The SMILES string of the molecule is C=CCN1C(=O)/C(=C/C(Cl)=C/c2ccccc2)SC1=Nc1cccc(C(=O)O)c1.